The third kappa shape index (κ3) is 17.9. The second-order valence-corrected chi connectivity index (χ2v) is 16.9. The van der Waals surface area contributed by atoms with E-state index in [4.69, 9.17) is 22.9 Å². The lowest BCUT2D eigenvalue weighted by Crippen LogP contribution is -2.60. The first-order chi connectivity index (χ1) is 33.3. The Labute approximate surface area is 403 Å². The number of aliphatic imine (C=N–C) groups is 1. The highest BCUT2D eigenvalue weighted by atomic mass is 16.2. The summed E-state index contributed by atoms with van der Waals surface area (Å²) in [7, 11) is 0. The quantitative estimate of drug-likeness (QED) is 0.0409. The summed E-state index contributed by atoms with van der Waals surface area (Å²) in [6.07, 6.45) is 0.781. The smallest absolute Gasteiger partial charge is 0.243 e. The standard InChI is InChI=1S/C46H64N14O10/c1-25-40(65)58-35(22-28-24-53-30-14-7-6-13-29(28)30)44(69)56-31(39(48)64)15-8-9-19-51-38(63)23-36(60-41(66)32(55-26(2)61)16-10-20-52-46(49)50)45(70)57-33(17-18-37(47)62)42(67)59-34(43(68)54-25)21-27-11-4-3-5-12-27/h3-7,11-14,24-25,31-36,53H,8-10,15-23H2,1-2H3,(H2,47,62)(H2,48,64)(H,51,63)(H,54,68)(H,55,61)(H,56,69)(H,57,70)(H,58,65)(H,59,67)(H,60,66)(H4,49,50,52)/t25?,31?,32-,33-,34?,35-,36?/m0/s1. The number of benzene rings is 2. The number of guanidine groups is 1. The maximum Gasteiger partial charge on any atom is 0.243 e. The fraction of sp³-hybridized carbons (Fsp3) is 0.457. The molecule has 10 amide bonds. The number of nitrogens with zero attached hydrogens (tertiary/aromatic N) is 1. The maximum atomic E-state index is 14.2. The van der Waals surface area contributed by atoms with Gasteiger partial charge in [-0.15, -0.1) is 0 Å². The molecule has 4 unspecified atom stereocenters. The van der Waals surface area contributed by atoms with E-state index in [1.54, 1.807) is 36.5 Å². The summed E-state index contributed by atoms with van der Waals surface area (Å²) in [5.41, 5.74) is 24.0. The van der Waals surface area contributed by atoms with E-state index in [-0.39, 0.29) is 70.4 Å². The van der Waals surface area contributed by atoms with Crippen molar-refractivity contribution < 1.29 is 47.9 Å². The number of carbonyl (C=O) groups is 10. The number of nitrogens with two attached hydrogens (primary N) is 4. The molecule has 7 atom stereocenters. The van der Waals surface area contributed by atoms with Crippen molar-refractivity contribution in [2.75, 3.05) is 13.1 Å². The molecule has 1 fully saturated rings. The monoisotopic (exact) mass is 972 g/mol. The molecule has 17 N–H and O–H groups in total. The van der Waals surface area contributed by atoms with Crippen molar-refractivity contribution in [2.45, 2.75) is 120 Å². The Morgan fingerprint density at radius 2 is 1.40 bits per heavy atom. The third-order valence-corrected chi connectivity index (χ3v) is 11.3. The fourth-order valence-corrected chi connectivity index (χ4v) is 7.58. The molecule has 3 aromatic rings. The molecule has 70 heavy (non-hydrogen) atoms. The molecule has 1 aliphatic heterocycles. The zero-order valence-electron chi connectivity index (χ0n) is 39.1. The molecule has 24 nitrogen and oxygen atoms in total. The summed E-state index contributed by atoms with van der Waals surface area (Å²) in [6, 6.07) is 6.11. The lowest BCUT2D eigenvalue weighted by atomic mass is 10.0. The van der Waals surface area contributed by atoms with E-state index in [9.17, 15) is 47.9 Å². The van der Waals surface area contributed by atoms with Crippen LogP contribution in [0.5, 0.6) is 0 Å². The van der Waals surface area contributed by atoms with Gasteiger partial charge in [0.2, 0.25) is 59.1 Å². The van der Waals surface area contributed by atoms with Crippen LogP contribution in [-0.4, -0.2) is 125 Å². The zero-order chi connectivity index (χ0) is 51.3. The highest BCUT2D eigenvalue weighted by Crippen LogP contribution is 2.20. The van der Waals surface area contributed by atoms with Gasteiger partial charge in [-0.1, -0.05) is 48.5 Å². The number of amides is 10. The number of fused-ring (bicyclic) bond motifs is 1. The Morgan fingerprint density at radius 3 is 2.09 bits per heavy atom. The largest absolute Gasteiger partial charge is 0.370 e. The first kappa shape index (κ1) is 54.6. The zero-order valence-corrected chi connectivity index (χ0v) is 39.1. The summed E-state index contributed by atoms with van der Waals surface area (Å²) in [6.45, 7) is 2.64. The molecule has 0 bridgehead atoms. The molecule has 0 radical (unpaired) electrons. The molecule has 0 spiro atoms. The second-order valence-electron chi connectivity index (χ2n) is 16.9. The first-order valence-corrected chi connectivity index (χ1v) is 22.9. The van der Waals surface area contributed by atoms with Crippen LogP contribution in [0.4, 0.5) is 0 Å². The number of rotatable bonds is 15. The molecule has 1 aromatic heterocycles. The Balaban J connectivity index is 1.70. The van der Waals surface area contributed by atoms with Crippen LogP contribution in [-0.2, 0) is 60.8 Å². The number of aromatic amines is 1. The van der Waals surface area contributed by atoms with Gasteiger partial charge in [0.15, 0.2) is 5.96 Å². The maximum absolute atomic E-state index is 14.2. The predicted molar refractivity (Wildman–Crippen MR) is 256 cm³/mol. The van der Waals surface area contributed by atoms with E-state index in [1.807, 2.05) is 24.3 Å². The van der Waals surface area contributed by atoms with E-state index < -0.39 is 114 Å². The predicted octanol–water partition coefficient (Wildman–Crippen LogP) is -3.12. The van der Waals surface area contributed by atoms with Gasteiger partial charge in [-0.2, -0.15) is 0 Å². The Kier molecular flexibility index (Phi) is 21.1. The minimum absolute atomic E-state index is 0.00443. The molecule has 1 aliphatic rings. The normalized spacial score (nSPS) is 21.8. The summed E-state index contributed by atoms with van der Waals surface area (Å²) >= 11 is 0. The van der Waals surface area contributed by atoms with E-state index in [2.05, 4.69) is 52.5 Å². The van der Waals surface area contributed by atoms with Crippen LogP contribution in [0.2, 0.25) is 0 Å². The number of H-pyrrole nitrogens is 1. The van der Waals surface area contributed by atoms with Crippen LogP contribution >= 0.6 is 0 Å². The summed E-state index contributed by atoms with van der Waals surface area (Å²) in [4.78, 5) is 141. The van der Waals surface area contributed by atoms with E-state index >= 15 is 0 Å². The van der Waals surface area contributed by atoms with Crippen LogP contribution < -0.4 is 65.5 Å². The molecule has 24 heteroatoms. The van der Waals surface area contributed by atoms with Crippen molar-refractivity contribution in [3.63, 3.8) is 0 Å². The SMILES string of the molecule is CC(=O)N[C@@H](CCCN=C(N)N)C(=O)NC1CC(=O)NCCCCC(C(N)=O)NC(=O)[C@H](Cc2c[nH]c3ccccc23)NC(=O)C(C)NC(=O)C(Cc2ccccc2)NC(=O)[C@H](CCC(N)=O)NC1=O. The molecular formula is C46H64N14O10. The highest BCUT2D eigenvalue weighted by Gasteiger charge is 2.34. The van der Waals surface area contributed by atoms with Gasteiger partial charge >= 0.3 is 0 Å². The lowest BCUT2D eigenvalue weighted by Gasteiger charge is -2.27. The minimum Gasteiger partial charge on any atom is -0.370 e. The van der Waals surface area contributed by atoms with Crippen molar-refractivity contribution in [2.24, 2.45) is 27.9 Å². The van der Waals surface area contributed by atoms with Crippen LogP contribution in [0, 0.1) is 0 Å². The molecule has 0 saturated carbocycles. The van der Waals surface area contributed by atoms with Gasteiger partial charge in [0, 0.05) is 56.4 Å². The molecule has 4 rings (SSSR count). The summed E-state index contributed by atoms with van der Waals surface area (Å²) in [5.74, 6) is -8.49. The highest BCUT2D eigenvalue weighted by molar-refractivity contribution is 5.99. The number of primary amides is 2. The van der Waals surface area contributed by atoms with Crippen LogP contribution in [0.3, 0.4) is 0 Å². The molecule has 378 valence electrons. The van der Waals surface area contributed by atoms with Crippen molar-refractivity contribution in [1.29, 1.82) is 0 Å². The van der Waals surface area contributed by atoms with Gasteiger partial charge in [-0.25, -0.2) is 0 Å². The topological polar surface area (TPSA) is 399 Å². The number of carbonyl (C=O) groups excluding carboxylic acids is 10. The van der Waals surface area contributed by atoms with Crippen molar-refractivity contribution in [3.05, 3.63) is 71.9 Å². The van der Waals surface area contributed by atoms with Gasteiger partial charge in [0.25, 0.3) is 0 Å². The second kappa shape index (κ2) is 27.1. The van der Waals surface area contributed by atoms with Gasteiger partial charge < -0.3 is 70.5 Å². The first-order valence-electron chi connectivity index (χ1n) is 22.9. The van der Waals surface area contributed by atoms with E-state index in [0.29, 0.717) is 11.1 Å². The van der Waals surface area contributed by atoms with Crippen molar-refractivity contribution in [3.8, 4) is 0 Å². The average molecular weight is 973 g/mol. The van der Waals surface area contributed by atoms with E-state index in [1.165, 1.54) is 13.8 Å². The minimum atomic E-state index is -1.68. The van der Waals surface area contributed by atoms with Crippen LogP contribution in [0.15, 0.2) is 65.8 Å². The molecular weight excluding hydrogens is 909 g/mol. The molecule has 2 heterocycles. The number of hydrogen-bond acceptors (Lipinski definition) is 11. The molecule has 1 saturated heterocycles. The number of hydrogen-bond donors (Lipinski definition) is 13. The van der Waals surface area contributed by atoms with Gasteiger partial charge in [-0.05, 0) is 62.6 Å². The van der Waals surface area contributed by atoms with Gasteiger partial charge in [0.05, 0.1) is 6.42 Å². The summed E-state index contributed by atoms with van der Waals surface area (Å²) in [5, 5.41) is 21.4. The summed E-state index contributed by atoms with van der Waals surface area (Å²) < 4.78 is 0. The molecule has 0 aliphatic carbocycles. The average Bonchev–Trinajstić information content (AvgIpc) is 3.71. The van der Waals surface area contributed by atoms with E-state index in [0.717, 1.165) is 10.9 Å². The fourth-order valence-electron chi connectivity index (χ4n) is 7.58. The lowest BCUT2D eigenvalue weighted by molar-refractivity contribution is -0.136. The van der Waals surface area contributed by atoms with Gasteiger partial charge in [-0.3, -0.25) is 52.9 Å². The molecule has 2 aromatic carbocycles. The number of aromatic nitrogens is 1. The third-order valence-electron chi connectivity index (χ3n) is 11.3. The van der Waals surface area contributed by atoms with Crippen molar-refractivity contribution in [1.82, 2.24) is 47.5 Å². The Hall–Kier alpha value is -8.05. The van der Waals surface area contributed by atoms with Crippen LogP contribution in [0.25, 0.3) is 10.9 Å². The Morgan fingerprint density at radius 1 is 0.757 bits per heavy atom. The number of nitrogens with one attached hydrogen (secondary N) is 9. The van der Waals surface area contributed by atoms with Crippen LogP contribution in [0.1, 0.15) is 76.3 Å². The van der Waals surface area contributed by atoms with Gasteiger partial charge in [0.1, 0.15) is 42.3 Å². The van der Waals surface area contributed by atoms with Crippen molar-refractivity contribution >= 4 is 75.9 Å². The number of para-hydroxylation sites is 1. The Bertz CT molecular complexity index is 2390.